The number of nitrogens with zero attached hydrogens (tertiary/aromatic N) is 1. The molecule has 2 heterocycles. The Morgan fingerprint density at radius 1 is 1.29 bits per heavy atom. The maximum absolute atomic E-state index is 12.2. The van der Waals surface area contributed by atoms with Gasteiger partial charge in [-0.2, -0.15) is 0 Å². The van der Waals surface area contributed by atoms with E-state index < -0.39 is 0 Å². The fourth-order valence-corrected chi connectivity index (χ4v) is 3.53. The molecule has 0 aromatic rings. The van der Waals surface area contributed by atoms with Crippen LogP contribution in [-0.4, -0.2) is 49.6 Å². The number of halogens is 1. The first-order chi connectivity index (χ1) is 9.49. The molecule has 3 unspecified atom stereocenters. The summed E-state index contributed by atoms with van der Waals surface area (Å²) < 4.78 is 4.69. The summed E-state index contributed by atoms with van der Waals surface area (Å²) in [5.41, 5.74) is 0. The molecule has 2 aliphatic heterocycles. The van der Waals surface area contributed by atoms with Gasteiger partial charge in [0.05, 0.1) is 13.0 Å². The lowest BCUT2D eigenvalue weighted by Crippen LogP contribution is -2.41. The third-order valence-corrected chi connectivity index (χ3v) is 4.61. The van der Waals surface area contributed by atoms with Crippen molar-refractivity contribution in [3.8, 4) is 0 Å². The quantitative estimate of drug-likeness (QED) is 0.782. The van der Waals surface area contributed by atoms with Crippen LogP contribution in [0.3, 0.4) is 0 Å². The summed E-state index contributed by atoms with van der Waals surface area (Å²) in [7, 11) is 3.16. The molecule has 1 N–H and O–H groups in total. The van der Waals surface area contributed by atoms with Crippen molar-refractivity contribution in [2.45, 2.75) is 51.1 Å². The Hall–Kier alpha value is -0.810. The first kappa shape index (κ1) is 18.2. The van der Waals surface area contributed by atoms with Gasteiger partial charge in [-0.3, -0.25) is 9.59 Å². The lowest BCUT2D eigenvalue weighted by atomic mass is 9.89. The molecule has 0 saturated carbocycles. The fourth-order valence-electron chi connectivity index (χ4n) is 3.53. The molecule has 2 aliphatic rings. The Morgan fingerprint density at radius 3 is 2.38 bits per heavy atom. The molecule has 0 aliphatic carbocycles. The second-order valence-electron chi connectivity index (χ2n) is 6.38. The van der Waals surface area contributed by atoms with Crippen LogP contribution < -0.4 is 5.32 Å². The van der Waals surface area contributed by atoms with Crippen molar-refractivity contribution in [3.05, 3.63) is 0 Å². The number of carbonyl (C=O) groups excluding carboxylic acids is 2. The van der Waals surface area contributed by atoms with Gasteiger partial charge in [-0.1, -0.05) is 6.92 Å². The van der Waals surface area contributed by atoms with Gasteiger partial charge in [-0.15, -0.1) is 12.4 Å². The Morgan fingerprint density at radius 2 is 1.86 bits per heavy atom. The Balaban J connectivity index is 0.00000220. The third kappa shape index (κ3) is 4.85. The zero-order valence-corrected chi connectivity index (χ0v) is 13.9. The van der Waals surface area contributed by atoms with E-state index in [1.54, 1.807) is 18.9 Å². The van der Waals surface area contributed by atoms with Gasteiger partial charge in [0.1, 0.15) is 0 Å². The van der Waals surface area contributed by atoms with Crippen molar-refractivity contribution in [2.24, 2.45) is 11.8 Å². The minimum atomic E-state index is -0.266. The number of ether oxygens (including phenoxy) is 1. The van der Waals surface area contributed by atoms with E-state index in [1.165, 1.54) is 20.0 Å². The van der Waals surface area contributed by atoms with E-state index in [4.69, 9.17) is 4.74 Å². The lowest BCUT2D eigenvalue weighted by molar-refractivity contribution is -0.146. The number of carbonyl (C=O) groups is 2. The highest BCUT2D eigenvalue weighted by molar-refractivity contribution is 5.85. The lowest BCUT2D eigenvalue weighted by Gasteiger charge is -2.30. The van der Waals surface area contributed by atoms with Crippen LogP contribution in [0.15, 0.2) is 0 Å². The molecule has 2 bridgehead atoms. The number of piperidine rings is 1. The van der Waals surface area contributed by atoms with Crippen molar-refractivity contribution in [1.82, 2.24) is 10.2 Å². The van der Waals surface area contributed by atoms with Gasteiger partial charge in [0.15, 0.2) is 0 Å². The number of hydrogen-bond donors (Lipinski definition) is 1. The van der Waals surface area contributed by atoms with Crippen molar-refractivity contribution in [1.29, 1.82) is 0 Å². The highest BCUT2D eigenvalue weighted by Gasteiger charge is 2.34. The Bertz CT molecular complexity index is 366. The summed E-state index contributed by atoms with van der Waals surface area (Å²) >= 11 is 0. The van der Waals surface area contributed by atoms with Gasteiger partial charge in [0.25, 0.3) is 0 Å². The highest BCUT2D eigenvalue weighted by Crippen LogP contribution is 2.32. The molecule has 21 heavy (non-hydrogen) atoms. The minimum absolute atomic E-state index is 0. The van der Waals surface area contributed by atoms with Crippen molar-refractivity contribution >= 4 is 24.3 Å². The number of amides is 1. The molecule has 5 nitrogen and oxygen atoms in total. The Kier molecular flexibility index (Phi) is 6.94. The number of rotatable bonds is 5. The van der Waals surface area contributed by atoms with Crippen LogP contribution >= 0.6 is 12.4 Å². The number of fused-ring (bicyclic) bond motifs is 2. The molecular weight excluding hydrogens is 292 g/mol. The molecule has 1 amide bonds. The molecule has 2 rings (SSSR count). The standard InChI is InChI=1S/C15H26N2O3.ClH/c1-10(15(19)20-3)9-17(2)14(18)8-11-6-12-4-5-13(7-11)16-12;/h10-13,16H,4-9H2,1-3H3;1H. The zero-order valence-electron chi connectivity index (χ0n) is 13.1. The average molecular weight is 319 g/mol. The maximum atomic E-state index is 12.2. The van der Waals surface area contributed by atoms with Gasteiger partial charge in [0.2, 0.25) is 5.91 Å². The predicted octanol–water partition coefficient (Wildman–Crippen LogP) is 1.60. The average Bonchev–Trinajstić information content (AvgIpc) is 2.76. The molecule has 122 valence electrons. The largest absolute Gasteiger partial charge is 0.469 e. The molecule has 2 saturated heterocycles. The van der Waals surface area contributed by atoms with Crippen LogP contribution in [-0.2, 0) is 14.3 Å². The maximum Gasteiger partial charge on any atom is 0.310 e. The Labute approximate surface area is 133 Å². The summed E-state index contributed by atoms with van der Waals surface area (Å²) in [6.45, 7) is 2.23. The van der Waals surface area contributed by atoms with E-state index >= 15 is 0 Å². The highest BCUT2D eigenvalue weighted by atomic mass is 35.5. The first-order valence-corrected chi connectivity index (χ1v) is 7.57. The number of esters is 1. The predicted molar refractivity (Wildman–Crippen MR) is 83.4 cm³/mol. The normalized spacial score (nSPS) is 28.4. The van der Waals surface area contributed by atoms with Crippen LogP contribution in [0, 0.1) is 11.8 Å². The van der Waals surface area contributed by atoms with Crippen molar-refractivity contribution in [3.63, 3.8) is 0 Å². The summed E-state index contributed by atoms with van der Waals surface area (Å²) in [6.07, 6.45) is 5.35. The third-order valence-electron chi connectivity index (χ3n) is 4.61. The van der Waals surface area contributed by atoms with E-state index in [9.17, 15) is 9.59 Å². The SMILES string of the molecule is COC(=O)C(C)CN(C)C(=O)CC1CC2CCC(C1)N2.Cl. The van der Waals surface area contributed by atoms with E-state index in [2.05, 4.69) is 5.32 Å². The second-order valence-corrected chi connectivity index (χ2v) is 6.38. The van der Waals surface area contributed by atoms with Crippen LogP contribution in [0.5, 0.6) is 0 Å². The number of nitrogens with one attached hydrogen (secondary N) is 1. The van der Waals surface area contributed by atoms with Crippen LogP contribution in [0.1, 0.15) is 39.0 Å². The minimum Gasteiger partial charge on any atom is -0.469 e. The van der Waals surface area contributed by atoms with E-state index in [1.807, 2.05) is 0 Å². The van der Waals surface area contributed by atoms with E-state index in [0.717, 1.165) is 12.8 Å². The van der Waals surface area contributed by atoms with Crippen LogP contribution in [0.25, 0.3) is 0 Å². The summed E-state index contributed by atoms with van der Waals surface area (Å²) in [5.74, 6) is 0.117. The second kappa shape index (κ2) is 7.99. The smallest absolute Gasteiger partial charge is 0.310 e. The summed E-state index contributed by atoms with van der Waals surface area (Å²) in [6, 6.07) is 1.23. The first-order valence-electron chi connectivity index (χ1n) is 7.57. The topological polar surface area (TPSA) is 58.6 Å². The van der Waals surface area contributed by atoms with Crippen molar-refractivity contribution < 1.29 is 14.3 Å². The monoisotopic (exact) mass is 318 g/mol. The van der Waals surface area contributed by atoms with E-state index in [0.29, 0.717) is 31.0 Å². The molecule has 6 heteroatoms. The molecule has 0 radical (unpaired) electrons. The van der Waals surface area contributed by atoms with Gasteiger partial charge >= 0.3 is 5.97 Å². The van der Waals surface area contributed by atoms with Gasteiger partial charge in [0, 0.05) is 32.1 Å². The molecule has 3 atom stereocenters. The molecule has 0 aromatic carbocycles. The molecule has 0 spiro atoms. The van der Waals surface area contributed by atoms with Crippen LogP contribution in [0.4, 0.5) is 0 Å². The molecule has 2 fully saturated rings. The molecular formula is C15H27ClN2O3. The number of hydrogen-bond acceptors (Lipinski definition) is 4. The van der Waals surface area contributed by atoms with Gasteiger partial charge in [-0.05, 0) is 31.6 Å². The van der Waals surface area contributed by atoms with Gasteiger partial charge < -0.3 is 15.0 Å². The molecule has 0 aromatic heterocycles. The summed E-state index contributed by atoms with van der Waals surface area (Å²) in [4.78, 5) is 25.3. The van der Waals surface area contributed by atoms with E-state index in [-0.39, 0.29) is 30.2 Å². The zero-order chi connectivity index (χ0) is 14.7. The van der Waals surface area contributed by atoms with Crippen molar-refractivity contribution in [2.75, 3.05) is 20.7 Å². The van der Waals surface area contributed by atoms with Gasteiger partial charge in [-0.25, -0.2) is 0 Å². The van der Waals surface area contributed by atoms with Crippen LogP contribution in [0.2, 0.25) is 0 Å². The number of methoxy groups -OCH3 is 1. The fraction of sp³-hybridized carbons (Fsp3) is 0.867. The summed E-state index contributed by atoms with van der Waals surface area (Å²) in [5, 5.41) is 3.59.